The number of hydrogen-bond donors (Lipinski definition) is 1. The van der Waals surface area contributed by atoms with E-state index in [0.29, 0.717) is 5.69 Å². The van der Waals surface area contributed by atoms with Crippen molar-refractivity contribution in [3.05, 3.63) is 59.7 Å². The van der Waals surface area contributed by atoms with E-state index in [1.165, 1.54) is 31.2 Å². The molecule has 1 atom stereocenters. The molecule has 0 saturated heterocycles. The third kappa shape index (κ3) is 5.15. The number of esters is 1. The number of rotatable bonds is 5. The predicted molar refractivity (Wildman–Crippen MR) is 94.2 cm³/mol. The third-order valence-corrected chi connectivity index (χ3v) is 4.59. The van der Waals surface area contributed by atoms with Gasteiger partial charge in [-0.1, -0.05) is 12.1 Å². The van der Waals surface area contributed by atoms with E-state index in [1.807, 2.05) is 19.1 Å². The first-order valence-electron chi connectivity index (χ1n) is 7.55. The van der Waals surface area contributed by atoms with Crippen molar-refractivity contribution < 1.29 is 22.7 Å². The van der Waals surface area contributed by atoms with Crippen molar-refractivity contribution in [3.63, 3.8) is 0 Å². The molecular formula is C18H19NO5S. The van der Waals surface area contributed by atoms with Gasteiger partial charge in [0.25, 0.3) is 5.91 Å². The van der Waals surface area contributed by atoms with Gasteiger partial charge in [0.15, 0.2) is 15.9 Å². The summed E-state index contributed by atoms with van der Waals surface area (Å²) in [6, 6.07) is 12.6. The number of anilines is 1. The van der Waals surface area contributed by atoms with Gasteiger partial charge in [-0.2, -0.15) is 0 Å². The number of carbonyl (C=O) groups excluding carboxylic acids is 2. The van der Waals surface area contributed by atoms with Gasteiger partial charge in [-0.05, 0) is 55.8 Å². The number of hydrogen-bond acceptors (Lipinski definition) is 5. The molecule has 0 aliphatic rings. The average Bonchev–Trinajstić information content (AvgIpc) is 2.54. The Balaban J connectivity index is 2.00. The molecule has 0 aliphatic carbocycles. The Bertz CT molecular complexity index is 888. The second-order valence-electron chi connectivity index (χ2n) is 5.70. The van der Waals surface area contributed by atoms with Gasteiger partial charge in [0.05, 0.1) is 10.5 Å². The fraction of sp³-hybridized carbons (Fsp3) is 0.222. The summed E-state index contributed by atoms with van der Waals surface area (Å²) in [5.41, 5.74) is 1.78. The summed E-state index contributed by atoms with van der Waals surface area (Å²) < 4.78 is 27.9. The van der Waals surface area contributed by atoms with Crippen LogP contribution >= 0.6 is 0 Å². The van der Waals surface area contributed by atoms with Gasteiger partial charge in [0, 0.05) is 11.9 Å². The summed E-state index contributed by atoms with van der Waals surface area (Å²) >= 11 is 0. The van der Waals surface area contributed by atoms with Gasteiger partial charge in [0.2, 0.25) is 0 Å². The topological polar surface area (TPSA) is 89.5 Å². The smallest absolute Gasteiger partial charge is 0.338 e. The molecule has 0 saturated carbocycles. The fourth-order valence-corrected chi connectivity index (χ4v) is 2.72. The number of sulfone groups is 1. The Morgan fingerprint density at radius 3 is 2.28 bits per heavy atom. The molecule has 6 nitrogen and oxygen atoms in total. The van der Waals surface area contributed by atoms with Crippen LogP contribution in [0.15, 0.2) is 53.4 Å². The SMILES string of the molecule is Cc1cccc(NC(=O)C(C)OC(=O)c2ccc(S(C)(=O)=O)cc2)c1. The Kier molecular flexibility index (Phi) is 5.58. The van der Waals surface area contributed by atoms with Gasteiger partial charge < -0.3 is 10.1 Å². The minimum Gasteiger partial charge on any atom is -0.449 e. The van der Waals surface area contributed by atoms with Crippen LogP contribution in [0.25, 0.3) is 0 Å². The largest absolute Gasteiger partial charge is 0.449 e. The van der Waals surface area contributed by atoms with Gasteiger partial charge in [0.1, 0.15) is 0 Å². The van der Waals surface area contributed by atoms with E-state index < -0.39 is 27.8 Å². The monoisotopic (exact) mass is 361 g/mol. The predicted octanol–water partition coefficient (Wildman–Crippen LogP) is 2.58. The molecule has 0 fully saturated rings. The first kappa shape index (κ1) is 18.7. The molecule has 0 heterocycles. The zero-order valence-electron chi connectivity index (χ0n) is 14.1. The molecule has 0 bridgehead atoms. The lowest BCUT2D eigenvalue weighted by Crippen LogP contribution is -2.30. The first-order chi connectivity index (χ1) is 11.7. The van der Waals surface area contributed by atoms with Gasteiger partial charge in [-0.25, -0.2) is 13.2 Å². The highest BCUT2D eigenvalue weighted by atomic mass is 32.2. The zero-order valence-corrected chi connectivity index (χ0v) is 15.0. The number of benzene rings is 2. The summed E-state index contributed by atoms with van der Waals surface area (Å²) in [6.45, 7) is 3.37. The minimum absolute atomic E-state index is 0.106. The highest BCUT2D eigenvalue weighted by Crippen LogP contribution is 2.13. The van der Waals surface area contributed by atoms with E-state index in [4.69, 9.17) is 4.74 Å². The maximum atomic E-state index is 12.1. The van der Waals surface area contributed by atoms with Crippen LogP contribution in [0.2, 0.25) is 0 Å². The van der Waals surface area contributed by atoms with E-state index in [0.717, 1.165) is 11.8 Å². The quantitative estimate of drug-likeness (QED) is 0.827. The van der Waals surface area contributed by atoms with Gasteiger partial charge in [-0.3, -0.25) is 4.79 Å². The van der Waals surface area contributed by atoms with Crippen LogP contribution in [0, 0.1) is 6.92 Å². The molecule has 132 valence electrons. The molecule has 1 N–H and O–H groups in total. The third-order valence-electron chi connectivity index (χ3n) is 3.46. The molecule has 1 unspecified atom stereocenters. The van der Waals surface area contributed by atoms with Crippen molar-refractivity contribution in [2.45, 2.75) is 24.8 Å². The van der Waals surface area contributed by atoms with Crippen molar-refractivity contribution in [3.8, 4) is 0 Å². The lowest BCUT2D eigenvalue weighted by atomic mass is 10.2. The lowest BCUT2D eigenvalue weighted by Gasteiger charge is -2.14. The zero-order chi connectivity index (χ0) is 18.6. The molecule has 7 heteroatoms. The second kappa shape index (κ2) is 7.48. The number of ether oxygens (including phenoxy) is 1. The highest BCUT2D eigenvalue weighted by molar-refractivity contribution is 7.90. The molecule has 25 heavy (non-hydrogen) atoms. The maximum absolute atomic E-state index is 12.1. The van der Waals surface area contributed by atoms with Crippen molar-refractivity contribution in [2.75, 3.05) is 11.6 Å². The summed E-state index contributed by atoms with van der Waals surface area (Å²) in [7, 11) is -3.34. The Morgan fingerprint density at radius 2 is 1.72 bits per heavy atom. The van der Waals surface area contributed by atoms with Crippen molar-refractivity contribution >= 4 is 27.4 Å². The highest BCUT2D eigenvalue weighted by Gasteiger charge is 2.19. The number of nitrogens with one attached hydrogen (secondary N) is 1. The molecule has 2 aromatic rings. The van der Waals surface area contributed by atoms with Gasteiger partial charge in [-0.15, -0.1) is 0 Å². The van der Waals surface area contributed by atoms with E-state index >= 15 is 0 Å². The summed E-state index contributed by atoms with van der Waals surface area (Å²) in [5, 5.41) is 2.67. The second-order valence-corrected chi connectivity index (χ2v) is 7.72. The lowest BCUT2D eigenvalue weighted by molar-refractivity contribution is -0.123. The number of amides is 1. The minimum atomic E-state index is -3.34. The Morgan fingerprint density at radius 1 is 1.08 bits per heavy atom. The number of aryl methyl sites for hydroxylation is 1. The average molecular weight is 361 g/mol. The van der Waals surface area contributed by atoms with E-state index in [-0.39, 0.29) is 10.5 Å². The molecule has 1 amide bonds. The van der Waals surface area contributed by atoms with Gasteiger partial charge >= 0.3 is 5.97 Å². The summed E-state index contributed by atoms with van der Waals surface area (Å²) in [5.74, 6) is -1.15. The van der Waals surface area contributed by atoms with Crippen LogP contribution in [-0.4, -0.2) is 32.7 Å². The Labute approximate surface area is 146 Å². The number of carbonyl (C=O) groups is 2. The molecule has 0 aliphatic heterocycles. The van der Waals surface area contributed by atoms with E-state index in [9.17, 15) is 18.0 Å². The standard InChI is InChI=1S/C18H19NO5S/c1-12-5-4-6-15(11-12)19-17(20)13(2)24-18(21)14-7-9-16(10-8-14)25(3,22)23/h4-11,13H,1-3H3,(H,19,20). The maximum Gasteiger partial charge on any atom is 0.338 e. The Hall–Kier alpha value is -2.67. The van der Waals surface area contributed by atoms with Crippen molar-refractivity contribution in [1.29, 1.82) is 0 Å². The molecule has 2 aromatic carbocycles. The van der Waals surface area contributed by atoms with Crippen molar-refractivity contribution in [2.24, 2.45) is 0 Å². The summed E-state index contributed by atoms with van der Waals surface area (Å²) in [4.78, 5) is 24.3. The normalized spacial score (nSPS) is 12.3. The van der Waals surface area contributed by atoms with Crippen LogP contribution in [0.3, 0.4) is 0 Å². The van der Waals surface area contributed by atoms with Crippen LogP contribution in [0.5, 0.6) is 0 Å². The molecule has 0 radical (unpaired) electrons. The molecule has 2 rings (SSSR count). The molecular weight excluding hydrogens is 342 g/mol. The fourth-order valence-electron chi connectivity index (χ4n) is 2.09. The van der Waals surface area contributed by atoms with Crippen LogP contribution in [-0.2, 0) is 19.4 Å². The van der Waals surface area contributed by atoms with E-state index in [1.54, 1.807) is 12.1 Å². The first-order valence-corrected chi connectivity index (χ1v) is 9.44. The molecule has 0 spiro atoms. The van der Waals surface area contributed by atoms with Crippen molar-refractivity contribution in [1.82, 2.24) is 0 Å². The summed E-state index contributed by atoms with van der Waals surface area (Å²) in [6.07, 6.45) is 0.0838. The van der Waals surface area contributed by atoms with E-state index in [2.05, 4.69) is 5.32 Å². The van der Waals surface area contributed by atoms with Crippen LogP contribution in [0.4, 0.5) is 5.69 Å². The van der Waals surface area contributed by atoms with Crippen LogP contribution < -0.4 is 5.32 Å². The molecule has 0 aromatic heterocycles. The van der Waals surface area contributed by atoms with Crippen LogP contribution in [0.1, 0.15) is 22.8 Å².